The van der Waals surface area contributed by atoms with E-state index in [-0.39, 0.29) is 12.3 Å². The maximum absolute atomic E-state index is 11.2. The molecule has 0 unspecified atom stereocenters. The summed E-state index contributed by atoms with van der Waals surface area (Å²) in [7, 11) is 0. The average molecular weight is 282 g/mol. The van der Waals surface area contributed by atoms with Gasteiger partial charge in [0.25, 0.3) is 5.91 Å². The molecule has 6 nitrogen and oxygen atoms in total. The van der Waals surface area contributed by atoms with E-state index in [4.69, 9.17) is 26.7 Å². The standard InChI is InChI=1S/C12H12ClN3O3/c1-7-4-8(13)2-3-11(7)18-6-9-5-10(16-19-9)12(17)15-14/h2-5H,6,14H2,1H3,(H,15,17). The van der Waals surface area contributed by atoms with Crippen LogP contribution >= 0.6 is 11.6 Å². The summed E-state index contributed by atoms with van der Waals surface area (Å²) in [5, 5.41) is 4.21. The van der Waals surface area contributed by atoms with Crippen molar-refractivity contribution < 1.29 is 14.1 Å². The number of carbonyl (C=O) groups excluding carboxylic acids is 1. The van der Waals surface area contributed by atoms with E-state index in [1.807, 2.05) is 12.3 Å². The van der Waals surface area contributed by atoms with Crippen molar-refractivity contribution >= 4 is 17.5 Å². The Bertz CT molecular complexity index is 598. The Hall–Kier alpha value is -2.05. The van der Waals surface area contributed by atoms with Gasteiger partial charge in [-0.1, -0.05) is 16.8 Å². The number of hydrogen-bond donors (Lipinski definition) is 2. The van der Waals surface area contributed by atoms with Gasteiger partial charge in [-0.2, -0.15) is 0 Å². The van der Waals surface area contributed by atoms with Crippen LogP contribution in [0.3, 0.4) is 0 Å². The summed E-state index contributed by atoms with van der Waals surface area (Å²) in [5.41, 5.74) is 2.98. The Morgan fingerprint density at radius 2 is 2.32 bits per heavy atom. The van der Waals surface area contributed by atoms with Crippen LogP contribution in [0.2, 0.25) is 5.02 Å². The summed E-state index contributed by atoms with van der Waals surface area (Å²) >= 11 is 5.85. The fourth-order valence-electron chi connectivity index (χ4n) is 1.49. The molecular formula is C12H12ClN3O3. The Balaban J connectivity index is 2.02. The SMILES string of the molecule is Cc1cc(Cl)ccc1OCc1cc(C(=O)NN)no1. The molecule has 0 saturated carbocycles. The molecule has 0 aliphatic rings. The maximum atomic E-state index is 11.2. The van der Waals surface area contributed by atoms with Crippen molar-refractivity contribution in [3.63, 3.8) is 0 Å². The van der Waals surface area contributed by atoms with Crippen LogP contribution in [0.15, 0.2) is 28.8 Å². The number of rotatable bonds is 4. The van der Waals surface area contributed by atoms with Gasteiger partial charge in [0.1, 0.15) is 12.4 Å². The summed E-state index contributed by atoms with van der Waals surface area (Å²) in [6.45, 7) is 2.04. The quantitative estimate of drug-likeness (QED) is 0.507. The fraction of sp³-hybridized carbons (Fsp3) is 0.167. The van der Waals surface area contributed by atoms with E-state index in [2.05, 4.69) is 5.16 Å². The third-order valence-corrected chi connectivity index (χ3v) is 2.66. The van der Waals surface area contributed by atoms with Gasteiger partial charge in [-0.15, -0.1) is 0 Å². The van der Waals surface area contributed by atoms with Gasteiger partial charge in [-0.3, -0.25) is 10.2 Å². The van der Waals surface area contributed by atoms with Crippen LogP contribution in [0, 0.1) is 6.92 Å². The number of nitrogens with zero attached hydrogens (tertiary/aromatic N) is 1. The number of carbonyl (C=O) groups is 1. The van der Waals surface area contributed by atoms with Crippen LogP contribution in [0.5, 0.6) is 5.75 Å². The van der Waals surface area contributed by atoms with Gasteiger partial charge >= 0.3 is 0 Å². The molecule has 0 aliphatic carbocycles. The second-order valence-corrected chi connectivity index (χ2v) is 4.29. The molecule has 0 atom stereocenters. The van der Waals surface area contributed by atoms with Gasteiger partial charge < -0.3 is 9.26 Å². The molecule has 1 heterocycles. The van der Waals surface area contributed by atoms with Gasteiger partial charge in [0.2, 0.25) is 0 Å². The minimum Gasteiger partial charge on any atom is -0.485 e. The van der Waals surface area contributed by atoms with E-state index in [1.54, 1.807) is 18.2 Å². The molecular weight excluding hydrogens is 270 g/mol. The molecule has 100 valence electrons. The first-order valence-corrected chi connectivity index (χ1v) is 5.83. The fourth-order valence-corrected chi connectivity index (χ4v) is 1.71. The number of aromatic nitrogens is 1. The van der Waals surface area contributed by atoms with E-state index in [0.29, 0.717) is 16.5 Å². The highest BCUT2D eigenvalue weighted by Crippen LogP contribution is 2.22. The number of nitrogens with two attached hydrogens (primary N) is 1. The number of amides is 1. The predicted octanol–water partition coefficient (Wildman–Crippen LogP) is 1.82. The molecule has 1 aromatic heterocycles. The molecule has 1 aromatic carbocycles. The number of hydrazine groups is 1. The number of ether oxygens (including phenoxy) is 1. The predicted molar refractivity (Wildman–Crippen MR) is 68.7 cm³/mol. The van der Waals surface area contributed by atoms with Crippen molar-refractivity contribution in [3.05, 3.63) is 46.3 Å². The Kier molecular flexibility index (Phi) is 4.03. The van der Waals surface area contributed by atoms with Crippen LogP contribution in [0.1, 0.15) is 21.8 Å². The van der Waals surface area contributed by atoms with Gasteiger partial charge in [0.05, 0.1) is 0 Å². The summed E-state index contributed by atoms with van der Waals surface area (Å²) < 4.78 is 10.5. The van der Waals surface area contributed by atoms with Crippen molar-refractivity contribution in [3.8, 4) is 5.75 Å². The van der Waals surface area contributed by atoms with E-state index < -0.39 is 5.91 Å². The van der Waals surface area contributed by atoms with Gasteiger partial charge in [0, 0.05) is 11.1 Å². The largest absolute Gasteiger partial charge is 0.485 e. The summed E-state index contributed by atoms with van der Waals surface area (Å²) in [4.78, 5) is 11.2. The summed E-state index contributed by atoms with van der Waals surface area (Å²) in [6, 6.07) is 6.76. The van der Waals surface area contributed by atoms with Crippen LogP contribution in [-0.4, -0.2) is 11.1 Å². The molecule has 0 bridgehead atoms. The van der Waals surface area contributed by atoms with Crippen molar-refractivity contribution in [2.75, 3.05) is 0 Å². The maximum Gasteiger partial charge on any atom is 0.287 e. The normalized spacial score (nSPS) is 10.3. The van der Waals surface area contributed by atoms with Crippen LogP contribution in [0.25, 0.3) is 0 Å². The Morgan fingerprint density at radius 3 is 3.00 bits per heavy atom. The number of nitrogen functional groups attached to an aromatic ring is 1. The molecule has 0 radical (unpaired) electrons. The average Bonchev–Trinajstić information content (AvgIpc) is 2.85. The van der Waals surface area contributed by atoms with E-state index in [1.165, 1.54) is 6.07 Å². The first kappa shape index (κ1) is 13.4. The zero-order valence-electron chi connectivity index (χ0n) is 10.1. The molecule has 0 fully saturated rings. The lowest BCUT2D eigenvalue weighted by atomic mass is 10.2. The molecule has 0 saturated heterocycles. The third kappa shape index (κ3) is 3.24. The number of benzene rings is 1. The third-order valence-electron chi connectivity index (χ3n) is 2.43. The number of halogens is 1. The van der Waals surface area contributed by atoms with Crippen LogP contribution in [-0.2, 0) is 6.61 Å². The molecule has 3 N–H and O–H groups in total. The summed E-state index contributed by atoms with van der Waals surface area (Å²) in [5.74, 6) is 5.58. The second-order valence-electron chi connectivity index (χ2n) is 3.85. The molecule has 1 amide bonds. The smallest absolute Gasteiger partial charge is 0.287 e. The summed E-state index contributed by atoms with van der Waals surface area (Å²) in [6.07, 6.45) is 0. The highest BCUT2D eigenvalue weighted by molar-refractivity contribution is 6.30. The Morgan fingerprint density at radius 1 is 1.53 bits per heavy atom. The lowest BCUT2D eigenvalue weighted by Crippen LogP contribution is -2.30. The van der Waals surface area contributed by atoms with Crippen molar-refractivity contribution in [2.45, 2.75) is 13.5 Å². The number of nitrogens with one attached hydrogen (secondary N) is 1. The van der Waals surface area contributed by atoms with Crippen molar-refractivity contribution in [1.82, 2.24) is 10.6 Å². The van der Waals surface area contributed by atoms with Crippen LogP contribution in [0.4, 0.5) is 0 Å². The molecule has 19 heavy (non-hydrogen) atoms. The molecule has 0 aliphatic heterocycles. The van der Waals surface area contributed by atoms with Gasteiger partial charge in [-0.05, 0) is 30.7 Å². The second kappa shape index (κ2) is 5.73. The molecule has 2 aromatic rings. The minimum atomic E-state index is -0.516. The van der Waals surface area contributed by atoms with Gasteiger partial charge in [0.15, 0.2) is 11.5 Å². The highest BCUT2D eigenvalue weighted by Gasteiger charge is 2.11. The van der Waals surface area contributed by atoms with E-state index >= 15 is 0 Å². The lowest BCUT2D eigenvalue weighted by Gasteiger charge is -2.07. The molecule has 0 spiro atoms. The minimum absolute atomic E-state index is 0.105. The number of aryl methyl sites for hydroxylation is 1. The zero-order valence-corrected chi connectivity index (χ0v) is 10.9. The monoisotopic (exact) mass is 281 g/mol. The van der Waals surface area contributed by atoms with Crippen molar-refractivity contribution in [1.29, 1.82) is 0 Å². The van der Waals surface area contributed by atoms with E-state index in [9.17, 15) is 4.79 Å². The Labute approximate surface area is 114 Å². The van der Waals surface area contributed by atoms with Crippen molar-refractivity contribution in [2.24, 2.45) is 5.84 Å². The van der Waals surface area contributed by atoms with E-state index in [0.717, 1.165) is 5.56 Å². The first-order valence-electron chi connectivity index (χ1n) is 5.45. The van der Waals surface area contributed by atoms with Gasteiger partial charge in [-0.25, -0.2) is 5.84 Å². The lowest BCUT2D eigenvalue weighted by molar-refractivity contribution is 0.0944. The topological polar surface area (TPSA) is 90.4 Å². The molecule has 7 heteroatoms. The number of hydrogen-bond acceptors (Lipinski definition) is 5. The first-order chi connectivity index (χ1) is 9.10. The zero-order chi connectivity index (χ0) is 13.8. The van der Waals surface area contributed by atoms with Crippen LogP contribution < -0.4 is 16.0 Å². The molecule has 2 rings (SSSR count). The highest BCUT2D eigenvalue weighted by atomic mass is 35.5.